The molecular weight excluding hydrogens is 408 g/mol. The fourth-order valence-electron chi connectivity index (χ4n) is 2.76. The zero-order chi connectivity index (χ0) is 21.4. The largest absolute Gasteiger partial charge is 0.465 e. The minimum Gasteiger partial charge on any atom is -0.465 e. The predicted octanol–water partition coefficient (Wildman–Crippen LogP) is 5.17. The summed E-state index contributed by atoms with van der Waals surface area (Å²) < 4.78 is 10.1. The molecule has 29 heavy (non-hydrogen) atoms. The second-order valence-electron chi connectivity index (χ2n) is 6.33. The summed E-state index contributed by atoms with van der Waals surface area (Å²) in [6.07, 6.45) is 2.55. The van der Waals surface area contributed by atoms with Gasteiger partial charge in [-0.1, -0.05) is 20.3 Å². The first kappa shape index (κ1) is 22.8. The highest BCUT2D eigenvalue weighted by molar-refractivity contribution is 7.80. The molecule has 0 aliphatic rings. The molecule has 6 nitrogen and oxygen atoms in total. The maximum absolute atomic E-state index is 12.2. The molecule has 2 N–H and O–H groups in total. The van der Waals surface area contributed by atoms with E-state index >= 15 is 0 Å². The number of hydrogen-bond acceptors (Lipinski definition) is 6. The lowest BCUT2D eigenvalue weighted by Gasteiger charge is -2.11. The third-order valence-electron chi connectivity index (χ3n) is 4.29. The Morgan fingerprint density at radius 1 is 1.10 bits per heavy atom. The van der Waals surface area contributed by atoms with E-state index in [0.29, 0.717) is 27.8 Å². The van der Waals surface area contributed by atoms with Crippen LogP contribution in [0.3, 0.4) is 0 Å². The third kappa shape index (κ3) is 6.01. The summed E-state index contributed by atoms with van der Waals surface area (Å²) in [6, 6.07) is 6.87. The molecule has 0 saturated heterocycles. The van der Waals surface area contributed by atoms with Crippen LogP contribution >= 0.6 is 23.6 Å². The summed E-state index contributed by atoms with van der Waals surface area (Å²) >= 11 is 6.85. The summed E-state index contributed by atoms with van der Waals surface area (Å²) in [6.45, 7) is 6.43. The van der Waals surface area contributed by atoms with Crippen LogP contribution in [0, 0.1) is 6.92 Å². The van der Waals surface area contributed by atoms with Gasteiger partial charge in [0.2, 0.25) is 0 Å². The van der Waals surface area contributed by atoms with E-state index in [4.69, 9.17) is 21.7 Å². The summed E-state index contributed by atoms with van der Waals surface area (Å²) in [5.41, 5.74) is 2.68. The molecular formula is C21H26N2O4S2. The molecule has 1 aromatic carbocycles. The molecule has 2 rings (SSSR count). The standard InChI is InChI=1S/C21H26N2O4S2/c1-5-7-12-27-19(24)14-8-10-15(11-9-14)22-21(28)23-18-17(20(25)26-4)16(6-2)13(3)29-18/h8-11H,5-7,12H2,1-4H3,(H2,22,23,28). The molecule has 0 unspecified atom stereocenters. The number of rotatable bonds is 8. The Kier molecular flexibility index (Phi) is 8.60. The molecule has 0 saturated carbocycles. The molecule has 2 aromatic rings. The number of nitrogens with one attached hydrogen (secondary N) is 2. The van der Waals surface area contributed by atoms with Crippen LogP contribution in [0.5, 0.6) is 0 Å². The molecule has 1 aromatic heterocycles. The van der Waals surface area contributed by atoms with Gasteiger partial charge in [-0.25, -0.2) is 9.59 Å². The molecule has 0 amide bonds. The van der Waals surface area contributed by atoms with Crippen LogP contribution in [-0.2, 0) is 15.9 Å². The average Bonchev–Trinajstić information content (AvgIpc) is 3.02. The molecule has 0 spiro atoms. The molecule has 0 bridgehead atoms. The van der Waals surface area contributed by atoms with Gasteiger partial charge in [0, 0.05) is 10.6 Å². The number of anilines is 2. The van der Waals surface area contributed by atoms with Gasteiger partial charge in [-0.3, -0.25) is 0 Å². The Labute approximate surface area is 180 Å². The topological polar surface area (TPSA) is 76.7 Å². The van der Waals surface area contributed by atoms with Crippen LogP contribution in [0.15, 0.2) is 24.3 Å². The Morgan fingerprint density at radius 2 is 1.79 bits per heavy atom. The molecule has 8 heteroatoms. The van der Waals surface area contributed by atoms with Gasteiger partial charge in [-0.05, 0) is 61.8 Å². The van der Waals surface area contributed by atoms with Crippen molar-refractivity contribution in [2.75, 3.05) is 24.4 Å². The van der Waals surface area contributed by atoms with E-state index in [0.717, 1.165) is 35.4 Å². The summed E-state index contributed by atoms with van der Waals surface area (Å²) in [4.78, 5) is 25.2. The van der Waals surface area contributed by atoms with Gasteiger partial charge in [0.15, 0.2) is 5.11 Å². The summed E-state index contributed by atoms with van der Waals surface area (Å²) in [5.74, 6) is -0.725. The van der Waals surface area contributed by atoms with E-state index in [1.807, 2.05) is 20.8 Å². The SMILES string of the molecule is CCCCOC(=O)c1ccc(NC(=S)Nc2sc(C)c(CC)c2C(=O)OC)cc1. The Balaban J connectivity index is 2.04. The van der Waals surface area contributed by atoms with Crippen molar-refractivity contribution in [1.29, 1.82) is 0 Å². The Bertz CT molecular complexity index is 876. The highest BCUT2D eigenvalue weighted by Crippen LogP contribution is 2.34. The van der Waals surface area contributed by atoms with E-state index in [1.54, 1.807) is 24.3 Å². The van der Waals surface area contributed by atoms with Crippen LogP contribution < -0.4 is 10.6 Å². The number of carbonyl (C=O) groups is 2. The smallest absolute Gasteiger partial charge is 0.341 e. The van der Waals surface area contributed by atoms with E-state index in [-0.39, 0.29) is 11.9 Å². The van der Waals surface area contributed by atoms with Crippen molar-refractivity contribution >= 4 is 51.3 Å². The van der Waals surface area contributed by atoms with Crippen LogP contribution in [0.4, 0.5) is 10.7 Å². The summed E-state index contributed by atoms with van der Waals surface area (Å²) in [5, 5.41) is 7.15. The first-order chi connectivity index (χ1) is 13.9. The van der Waals surface area contributed by atoms with Crippen molar-refractivity contribution in [2.45, 2.75) is 40.0 Å². The molecule has 0 radical (unpaired) electrons. The van der Waals surface area contributed by atoms with Crippen molar-refractivity contribution in [3.8, 4) is 0 Å². The number of thiocarbonyl (C=S) groups is 1. The lowest BCUT2D eigenvalue weighted by Crippen LogP contribution is -2.20. The van der Waals surface area contributed by atoms with Crippen molar-refractivity contribution < 1.29 is 19.1 Å². The van der Waals surface area contributed by atoms with Crippen LogP contribution in [0.2, 0.25) is 0 Å². The number of esters is 2. The minimum atomic E-state index is -0.387. The van der Waals surface area contributed by atoms with Gasteiger partial charge in [-0.15, -0.1) is 11.3 Å². The average molecular weight is 435 g/mol. The molecule has 0 aliphatic carbocycles. The highest BCUT2D eigenvalue weighted by atomic mass is 32.1. The Hall–Kier alpha value is -2.45. The Morgan fingerprint density at radius 3 is 2.38 bits per heavy atom. The molecule has 0 fully saturated rings. The van der Waals surface area contributed by atoms with Crippen LogP contribution in [0.1, 0.15) is 57.8 Å². The summed E-state index contributed by atoms with van der Waals surface area (Å²) in [7, 11) is 1.37. The van der Waals surface area contributed by atoms with Crippen molar-refractivity contribution in [3.63, 3.8) is 0 Å². The number of unbranched alkanes of at least 4 members (excludes halogenated alkanes) is 1. The van der Waals surface area contributed by atoms with E-state index in [2.05, 4.69) is 10.6 Å². The highest BCUT2D eigenvalue weighted by Gasteiger charge is 2.22. The van der Waals surface area contributed by atoms with Crippen LogP contribution in [-0.4, -0.2) is 30.8 Å². The van der Waals surface area contributed by atoms with E-state index in [1.165, 1.54) is 18.4 Å². The zero-order valence-corrected chi connectivity index (χ0v) is 18.7. The van der Waals surface area contributed by atoms with E-state index in [9.17, 15) is 9.59 Å². The van der Waals surface area contributed by atoms with Gasteiger partial charge in [0.05, 0.1) is 24.8 Å². The predicted molar refractivity (Wildman–Crippen MR) is 121 cm³/mol. The molecule has 0 aliphatic heterocycles. The fraction of sp³-hybridized carbons (Fsp3) is 0.381. The van der Waals surface area contributed by atoms with Gasteiger partial charge in [0.25, 0.3) is 0 Å². The maximum Gasteiger partial charge on any atom is 0.341 e. The number of hydrogen-bond donors (Lipinski definition) is 2. The first-order valence-corrected chi connectivity index (χ1v) is 10.7. The van der Waals surface area contributed by atoms with E-state index < -0.39 is 0 Å². The lowest BCUT2D eigenvalue weighted by molar-refractivity contribution is 0.0499. The van der Waals surface area contributed by atoms with Crippen molar-refractivity contribution in [3.05, 3.63) is 45.8 Å². The maximum atomic E-state index is 12.2. The van der Waals surface area contributed by atoms with Gasteiger partial charge in [0.1, 0.15) is 5.00 Å². The number of benzene rings is 1. The number of aryl methyl sites for hydroxylation is 1. The zero-order valence-electron chi connectivity index (χ0n) is 17.1. The second-order valence-corrected chi connectivity index (χ2v) is 7.97. The number of thiophene rings is 1. The number of ether oxygens (including phenoxy) is 2. The normalized spacial score (nSPS) is 10.3. The van der Waals surface area contributed by atoms with Crippen LogP contribution in [0.25, 0.3) is 0 Å². The number of methoxy groups -OCH3 is 1. The van der Waals surface area contributed by atoms with Gasteiger partial charge >= 0.3 is 11.9 Å². The second kappa shape index (κ2) is 10.9. The molecule has 156 valence electrons. The third-order valence-corrected chi connectivity index (χ3v) is 5.56. The molecule has 0 atom stereocenters. The lowest BCUT2D eigenvalue weighted by atomic mass is 10.1. The van der Waals surface area contributed by atoms with Crippen molar-refractivity contribution in [2.24, 2.45) is 0 Å². The quantitative estimate of drug-likeness (QED) is 0.337. The first-order valence-electron chi connectivity index (χ1n) is 9.46. The minimum absolute atomic E-state index is 0.338. The van der Waals surface area contributed by atoms with Gasteiger partial charge < -0.3 is 20.1 Å². The number of carbonyl (C=O) groups excluding carboxylic acids is 2. The fourth-order valence-corrected chi connectivity index (χ4v) is 4.18. The van der Waals surface area contributed by atoms with Crippen molar-refractivity contribution in [1.82, 2.24) is 0 Å². The molecule has 1 heterocycles. The monoisotopic (exact) mass is 434 g/mol. The van der Waals surface area contributed by atoms with Gasteiger partial charge in [-0.2, -0.15) is 0 Å².